The summed E-state index contributed by atoms with van der Waals surface area (Å²) in [4.78, 5) is 0. The molecule has 0 amide bonds. The Labute approximate surface area is 108 Å². The van der Waals surface area contributed by atoms with Crippen LogP contribution >= 0.6 is 0 Å². The zero-order chi connectivity index (χ0) is 12.5. The summed E-state index contributed by atoms with van der Waals surface area (Å²) in [5, 5.41) is 8.95. The summed E-state index contributed by atoms with van der Waals surface area (Å²) in [6, 6.07) is 16.7. The van der Waals surface area contributed by atoms with Crippen LogP contribution in [0.25, 0.3) is 11.1 Å². The SMILES string of the molecule is CC1Cc2ccc(-c3cccc(C#N)c3)cc2C1. The van der Waals surface area contributed by atoms with Crippen molar-refractivity contribution in [2.24, 2.45) is 5.92 Å². The van der Waals surface area contributed by atoms with Crippen LogP contribution in [0.1, 0.15) is 23.6 Å². The van der Waals surface area contributed by atoms with Gasteiger partial charge in [0.15, 0.2) is 0 Å². The number of benzene rings is 2. The quantitative estimate of drug-likeness (QED) is 0.731. The lowest BCUT2D eigenvalue weighted by atomic mass is 9.99. The van der Waals surface area contributed by atoms with Gasteiger partial charge < -0.3 is 0 Å². The minimum absolute atomic E-state index is 0.723. The molecule has 3 rings (SSSR count). The molecule has 88 valence electrons. The molecule has 0 fully saturated rings. The molecule has 18 heavy (non-hydrogen) atoms. The van der Waals surface area contributed by atoms with Gasteiger partial charge in [0.05, 0.1) is 11.6 Å². The monoisotopic (exact) mass is 233 g/mol. The van der Waals surface area contributed by atoms with E-state index in [-0.39, 0.29) is 0 Å². The lowest BCUT2D eigenvalue weighted by Crippen LogP contribution is -1.89. The third-order valence-corrected chi connectivity index (χ3v) is 3.67. The highest BCUT2D eigenvalue weighted by molar-refractivity contribution is 5.67. The van der Waals surface area contributed by atoms with Gasteiger partial charge >= 0.3 is 0 Å². The molecule has 0 N–H and O–H groups in total. The van der Waals surface area contributed by atoms with E-state index in [1.165, 1.54) is 29.5 Å². The molecule has 0 spiro atoms. The van der Waals surface area contributed by atoms with Gasteiger partial charge in [-0.3, -0.25) is 0 Å². The predicted molar refractivity (Wildman–Crippen MR) is 73.2 cm³/mol. The second-order valence-electron chi connectivity index (χ2n) is 5.19. The van der Waals surface area contributed by atoms with E-state index in [0.717, 1.165) is 17.0 Å². The first-order valence-corrected chi connectivity index (χ1v) is 6.38. The lowest BCUT2D eigenvalue weighted by Gasteiger charge is -2.05. The van der Waals surface area contributed by atoms with Crippen molar-refractivity contribution >= 4 is 0 Å². The fourth-order valence-electron chi connectivity index (χ4n) is 2.79. The van der Waals surface area contributed by atoms with Crippen LogP contribution in [0, 0.1) is 17.2 Å². The van der Waals surface area contributed by atoms with Crippen LogP contribution in [0.3, 0.4) is 0 Å². The van der Waals surface area contributed by atoms with E-state index in [9.17, 15) is 0 Å². The van der Waals surface area contributed by atoms with Gasteiger partial charge in [-0.05, 0) is 53.1 Å². The fraction of sp³-hybridized carbons (Fsp3) is 0.235. The first kappa shape index (κ1) is 11.0. The molecular weight excluding hydrogens is 218 g/mol. The molecule has 0 bridgehead atoms. The Morgan fingerprint density at radius 1 is 1.00 bits per heavy atom. The molecule has 1 unspecified atom stereocenters. The summed E-state index contributed by atoms with van der Waals surface area (Å²) >= 11 is 0. The lowest BCUT2D eigenvalue weighted by molar-refractivity contribution is 0.628. The zero-order valence-corrected chi connectivity index (χ0v) is 10.5. The standard InChI is InChI=1S/C17H15N/c1-12-7-15-5-6-16(10-17(15)8-12)14-4-2-3-13(9-14)11-18/h2-6,9-10,12H,7-8H2,1H3. The Kier molecular flexibility index (Phi) is 2.64. The molecule has 0 saturated heterocycles. The Hall–Kier alpha value is -2.07. The molecule has 1 aliphatic rings. The van der Waals surface area contributed by atoms with Crippen LogP contribution in [0.2, 0.25) is 0 Å². The molecule has 1 atom stereocenters. The normalized spacial score (nSPS) is 17.2. The summed E-state index contributed by atoms with van der Waals surface area (Å²) in [7, 11) is 0. The van der Waals surface area contributed by atoms with Crippen LogP contribution < -0.4 is 0 Å². The summed E-state index contributed by atoms with van der Waals surface area (Å²) in [6.45, 7) is 2.30. The maximum atomic E-state index is 8.95. The molecule has 0 radical (unpaired) electrons. The van der Waals surface area contributed by atoms with E-state index < -0.39 is 0 Å². The van der Waals surface area contributed by atoms with Gasteiger partial charge in [-0.2, -0.15) is 5.26 Å². The number of rotatable bonds is 1. The fourth-order valence-corrected chi connectivity index (χ4v) is 2.79. The van der Waals surface area contributed by atoms with E-state index in [1.807, 2.05) is 18.2 Å². The van der Waals surface area contributed by atoms with Gasteiger partial charge in [-0.15, -0.1) is 0 Å². The molecule has 0 aromatic heterocycles. The average Bonchev–Trinajstić information content (AvgIpc) is 2.77. The highest BCUT2D eigenvalue weighted by Crippen LogP contribution is 2.30. The first-order chi connectivity index (χ1) is 8.76. The molecule has 1 aliphatic carbocycles. The van der Waals surface area contributed by atoms with Crippen LogP contribution in [0.4, 0.5) is 0 Å². The van der Waals surface area contributed by atoms with Gasteiger partial charge in [0.2, 0.25) is 0 Å². The van der Waals surface area contributed by atoms with Crippen LogP contribution in [0.5, 0.6) is 0 Å². The van der Waals surface area contributed by atoms with Gasteiger partial charge in [-0.1, -0.05) is 37.3 Å². The Bertz CT molecular complexity index is 634. The van der Waals surface area contributed by atoms with E-state index in [4.69, 9.17) is 5.26 Å². The van der Waals surface area contributed by atoms with Gasteiger partial charge in [0.1, 0.15) is 0 Å². The predicted octanol–water partition coefficient (Wildman–Crippen LogP) is 3.96. The van der Waals surface area contributed by atoms with Crippen molar-refractivity contribution in [3.05, 3.63) is 59.2 Å². The molecule has 0 aliphatic heterocycles. The number of hydrogen-bond acceptors (Lipinski definition) is 1. The molecule has 2 aromatic rings. The summed E-state index contributed by atoms with van der Waals surface area (Å²) in [5.41, 5.74) is 6.04. The van der Waals surface area contributed by atoms with Crippen molar-refractivity contribution in [1.82, 2.24) is 0 Å². The first-order valence-electron chi connectivity index (χ1n) is 6.38. The van der Waals surface area contributed by atoms with Gasteiger partial charge in [-0.25, -0.2) is 0 Å². The Balaban J connectivity index is 2.03. The molecule has 0 heterocycles. The topological polar surface area (TPSA) is 23.8 Å². The summed E-state index contributed by atoms with van der Waals surface area (Å²) in [5.74, 6) is 0.765. The number of fused-ring (bicyclic) bond motifs is 1. The minimum atomic E-state index is 0.723. The van der Waals surface area contributed by atoms with Crippen LogP contribution in [0.15, 0.2) is 42.5 Å². The van der Waals surface area contributed by atoms with E-state index in [1.54, 1.807) is 0 Å². The second-order valence-corrected chi connectivity index (χ2v) is 5.19. The largest absolute Gasteiger partial charge is 0.192 e. The average molecular weight is 233 g/mol. The maximum Gasteiger partial charge on any atom is 0.0991 e. The van der Waals surface area contributed by atoms with Crippen molar-refractivity contribution in [3.63, 3.8) is 0 Å². The summed E-state index contributed by atoms with van der Waals surface area (Å²) in [6.07, 6.45) is 2.38. The minimum Gasteiger partial charge on any atom is -0.192 e. The number of hydrogen-bond donors (Lipinski definition) is 0. The van der Waals surface area contributed by atoms with E-state index in [2.05, 4.69) is 37.3 Å². The van der Waals surface area contributed by atoms with Crippen molar-refractivity contribution in [3.8, 4) is 17.2 Å². The highest BCUT2D eigenvalue weighted by atomic mass is 14.2. The maximum absolute atomic E-state index is 8.95. The molecule has 2 aromatic carbocycles. The summed E-state index contributed by atoms with van der Waals surface area (Å²) < 4.78 is 0. The Morgan fingerprint density at radius 3 is 2.61 bits per heavy atom. The van der Waals surface area contributed by atoms with Gasteiger partial charge in [0.25, 0.3) is 0 Å². The van der Waals surface area contributed by atoms with Crippen molar-refractivity contribution in [1.29, 1.82) is 5.26 Å². The van der Waals surface area contributed by atoms with E-state index in [0.29, 0.717) is 0 Å². The smallest absolute Gasteiger partial charge is 0.0991 e. The molecule has 1 heteroatoms. The molecule has 0 saturated carbocycles. The van der Waals surface area contributed by atoms with Crippen molar-refractivity contribution in [2.45, 2.75) is 19.8 Å². The van der Waals surface area contributed by atoms with E-state index >= 15 is 0 Å². The highest BCUT2D eigenvalue weighted by Gasteiger charge is 2.17. The van der Waals surface area contributed by atoms with Gasteiger partial charge in [0, 0.05) is 0 Å². The number of nitriles is 1. The zero-order valence-electron chi connectivity index (χ0n) is 10.5. The van der Waals surface area contributed by atoms with Crippen molar-refractivity contribution in [2.75, 3.05) is 0 Å². The third-order valence-electron chi connectivity index (χ3n) is 3.67. The Morgan fingerprint density at radius 2 is 1.78 bits per heavy atom. The molecule has 1 nitrogen and oxygen atoms in total. The van der Waals surface area contributed by atoms with Crippen molar-refractivity contribution < 1.29 is 0 Å². The van der Waals surface area contributed by atoms with Crippen LogP contribution in [-0.2, 0) is 12.8 Å². The molecular formula is C17H15N. The number of nitrogens with zero attached hydrogens (tertiary/aromatic N) is 1. The van der Waals surface area contributed by atoms with Crippen LogP contribution in [-0.4, -0.2) is 0 Å². The second kappa shape index (κ2) is 4.31. The third kappa shape index (κ3) is 1.91.